The first-order valence-corrected chi connectivity index (χ1v) is 5.93. The molecule has 1 saturated carbocycles. The molecule has 2 aliphatic heterocycles. The molecule has 1 aliphatic carbocycles. The van der Waals surface area contributed by atoms with Crippen molar-refractivity contribution in [2.24, 2.45) is 0 Å². The smallest absolute Gasteiger partial charge is 0.0249 e. The lowest BCUT2D eigenvalue weighted by molar-refractivity contribution is 0.180. The SMILES string of the molecule is C1CCN2CCC(NC3CC3)C2C1. The van der Waals surface area contributed by atoms with Crippen molar-refractivity contribution in [1.29, 1.82) is 0 Å². The van der Waals surface area contributed by atoms with Crippen LogP contribution in [0.25, 0.3) is 0 Å². The fourth-order valence-corrected chi connectivity index (χ4v) is 2.99. The van der Waals surface area contributed by atoms with Gasteiger partial charge in [-0.1, -0.05) is 6.42 Å². The molecule has 0 aromatic rings. The topological polar surface area (TPSA) is 15.3 Å². The van der Waals surface area contributed by atoms with E-state index in [4.69, 9.17) is 0 Å². The maximum absolute atomic E-state index is 3.81. The number of piperidine rings is 1. The van der Waals surface area contributed by atoms with Crippen LogP contribution in [0.15, 0.2) is 0 Å². The first kappa shape index (κ1) is 8.25. The summed E-state index contributed by atoms with van der Waals surface area (Å²) in [6.45, 7) is 2.72. The van der Waals surface area contributed by atoms with Gasteiger partial charge in [0.05, 0.1) is 0 Å². The molecule has 0 aromatic carbocycles. The molecule has 2 saturated heterocycles. The number of fused-ring (bicyclic) bond motifs is 1. The number of hydrogen-bond donors (Lipinski definition) is 1. The zero-order valence-corrected chi connectivity index (χ0v) is 8.34. The molecule has 0 amide bonds. The van der Waals surface area contributed by atoms with E-state index in [-0.39, 0.29) is 0 Å². The van der Waals surface area contributed by atoms with Gasteiger partial charge in [0.25, 0.3) is 0 Å². The minimum absolute atomic E-state index is 0.841. The van der Waals surface area contributed by atoms with Gasteiger partial charge in [-0.05, 0) is 38.6 Å². The summed E-state index contributed by atoms with van der Waals surface area (Å²) in [5.41, 5.74) is 0. The highest BCUT2D eigenvalue weighted by Crippen LogP contribution is 2.30. The molecule has 2 atom stereocenters. The van der Waals surface area contributed by atoms with E-state index < -0.39 is 0 Å². The summed E-state index contributed by atoms with van der Waals surface area (Å²) >= 11 is 0. The van der Waals surface area contributed by atoms with Gasteiger partial charge in [-0.2, -0.15) is 0 Å². The molecule has 2 nitrogen and oxygen atoms in total. The highest BCUT2D eigenvalue weighted by Gasteiger charge is 2.37. The van der Waals surface area contributed by atoms with Crippen LogP contribution in [0.5, 0.6) is 0 Å². The Balaban J connectivity index is 1.61. The molecule has 2 heterocycles. The van der Waals surface area contributed by atoms with Crippen LogP contribution in [0.4, 0.5) is 0 Å². The van der Waals surface area contributed by atoms with Crippen LogP contribution in [0.2, 0.25) is 0 Å². The van der Waals surface area contributed by atoms with E-state index in [1.54, 1.807) is 0 Å². The van der Waals surface area contributed by atoms with E-state index >= 15 is 0 Å². The molecule has 0 bridgehead atoms. The van der Waals surface area contributed by atoms with E-state index in [0.717, 1.165) is 18.1 Å². The predicted octanol–water partition coefficient (Wildman–Crippen LogP) is 1.37. The second-order valence-corrected chi connectivity index (χ2v) is 4.94. The Morgan fingerprint density at radius 3 is 2.69 bits per heavy atom. The van der Waals surface area contributed by atoms with E-state index in [1.165, 1.54) is 51.6 Å². The van der Waals surface area contributed by atoms with Crippen molar-refractivity contribution in [3.8, 4) is 0 Å². The molecule has 2 unspecified atom stereocenters. The zero-order valence-electron chi connectivity index (χ0n) is 8.34. The Labute approximate surface area is 80.7 Å². The van der Waals surface area contributed by atoms with Crippen LogP contribution in [0.1, 0.15) is 38.5 Å². The van der Waals surface area contributed by atoms with Crippen LogP contribution in [0.3, 0.4) is 0 Å². The number of nitrogens with one attached hydrogen (secondary N) is 1. The molecule has 2 heteroatoms. The van der Waals surface area contributed by atoms with Crippen molar-refractivity contribution >= 4 is 0 Å². The second-order valence-electron chi connectivity index (χ2n) is 4.94. The zero-order chi connectivity index (χ0) is 8.67. The number of hydrogen-bond acceptors (Lipinski definition) is 2. The second kappa shape index (κ2) is 3.25. The Morgan fingerprint density at radius 1 is 0.923 bits per heavy atom. The molecule has 0 spiro atoms. The molecule has 13 heavy (non-hydrogen) atoms. The maximum atomic E-state index is 3.81. The van der Waals surface area contributed by atoms with Crippen molar-refractivity contribution < 1.29 is 0 Å². The van der Waals surface area contributed by atoms with Crippen LogP contribution in [0, 0.1) is 0 Å². The van der Waals surface area contributed by atoms with E-state index in [1.807, 2.05) is 0 Å². The van der Waals surface area contributed by atoms with E-state index in [0.29, 0.717) is 0 Å². The summed E-state index contributed by atoms with van der Waals surface area (Å²) < 4.78 is 0. The largest absolute Gasteiger partial charge is 0.310 e. The third-order valence-corrected chi connectivity index (χ3v) is 3.88. The highest BCUT2D eigenvalue weighted by atomic mass is 15.2. The van der Waals surface area contributed by atoms with Crippen molar-refractivity contribution in [2.45, 2.75) is 56.7 Å². The average molecular weight is 180 g/mol. The lowest BCUT2D eigenvalue weighted by Gasteiger charge is -2.32. The lowest BCUT2D eigenvalue weighted by atomic mass is 9.99. The van der Waals surface area contributed by atoms with Crippen molar-refractivity contribution in [1.82, 2.24) is 10.2 Å². The van der Waals surface area contributed by atoms with Gasteiger partial charge in [0.2, 0.25) is 0 Å². The average Bonchev–Trinajstić information content (AvgIpc) is 2.88. The number of nitrogens with zero attached hydrogens (tertiary/aromatic N) is 1. The molecule has 0 radical (unpaired) electrons. The van der Waals surface area contributed by atoms with Gasteiger partial charge in [0.1, 0.15) is 0 Å². The van der Waals surface area contributed by atoms with E-state index in [9.17, 15) is 0 Å². The Kier molecular flexibility index (Phi) is 2.06. The first-order chi connectivity index (χ1) is 6.43. The normalized spacial score (nSPS) is 40.6. The molecular weight excluding hydrogens is 160 g/mol. The third kappa shape index (κ3) is 1.62. The van der Waals surface area contributed by atoms with E-state index in [2.05, 4.69) is 10.2 Å². The van der Waals surface area contributed by atoms with Crippen molar-refractivity contribution in [3.63, 3.8) is 0 Å². The van der Waals surface area contributed by atoms with Crippen LogP contribution in [-0.4, -0.2) is 36.1 Å². The summed E-state index contributed by atoms with van der Waals surface area (Å²) in [7, 11) is 0. The van der Waals surface area contributed by atoms with Gasteiger partial charge in [-0.3, -0.25) is 4.90 Å². The Bertz CT molecular complexity index is 189. The fraction of sp³-hybridized carbons (Fsp3) is 1.00. The molecule has 1 N–H and O–H groups in total. The van der Waals surface area contributed by atoms with Gasteiger partial charge in [-0.15, -0.1) is 0 Å². The van der Waals surface area contributed by atoms with Gasteiger partial charge < -0.3 is 5.32 Å². The standard InChI is InChI=1S/C11H20N2/c1-2-7-13-8-6-10(11(13)3-1)12-9-4-5-9/h9-12H,1-8H2. The quantitative estimate of drug-likeness (QED) is 0.690. The molecule has 3 fully saturated rings. The lowest BCUT2D eigenvalue weighted by Crippen LogP contribution is -2.45. The molecular formula is C11H20N2. The van der Waals surface area contributed by atoms with Gasteiger partial charge in [0.15, 0.2) is 0 Å². The summed E-state index contributed by atoms with van der Waals surface area (Å²) in [6, 6.07) is 2.63. The molecule has 3 aliphatic rings. The fourth-order valence-electron chi connectivity index (χ4n) is 2.99. The van der Waals surface area contributed by atoms with Crippen LogP contribution < -0.4 is 5.32 Å². The number of rotatable bonds is 2. The van der Waals surface area contributed by atoms with Gasteiger partial charge in [-0.25, -0.2) is 0 Å². The minimum Gasteiger partial charge on any atom is -0.310 e. The molecule has 3 rings (SSSR count). The van der Waals surface area contributed by atoms with Crippen molar-refractivity contribution in [3.05, 3.63) is 0 Å². The van der Waals surface area contributed by atoms with Crippen LogP contribution >= 0.6 is 0 Å². The third-order valence-electron chi connectivity index (χ3n) is 3.88. The predicted molar refractivity (Wildman–Crippen MR) is 53.8 cm³/mol. The summed E-state index contributed by atoms with van der Waals surface area (Å²) in [4.78, 5) is 2.71. The minimum atomic E-state index is 0.841. The summed E-state index contributed by atoms with van der Waals surface area (Å²) in [6.07, 6.45) is 8.62. The Morgan fingerprint density at radius 2 is 1.85 bits per heavy atom. The molecule has 0 aromatic heterocycles. The van der Waals surface area contributed by atoms with Gasteiger partial charge in [0, 0.05) is 24.7 Å². The molecule has 74 valence electrons. The summed E-state index contributed by atoms with van der Waals surface area (Å²) in [5.74, 6) is 0. The van der Waals surface area contributed by atoms with Crippen LogP contribution in [-0.2, 0) is 0 Å². The maximum Gasteiger partial charge on any atom is 0.0249 e. The van der Waals surface area contributed by atoms with Gasteiger partial charge >= 0.3 is 0 Å². The van der Waals surface area contributed by atoms with Crippen molar-refractivity contribution in [2.75, 3.05) is 13.1 Å². The summed E-state index contributed by atoms with van der Waals surface area (Å²) in [5, 5.41) is 3.81. The monoisotopic (exact) mass is 180 g/mol. The highest BCUT2D eigenvalue weighted by molar-refractivity contribution is 4.97. The first-order valence-electron chi connectivity index (χ1n) is 5.93. The Hall–Kier alpha value is -0.0800.